The van der Waals surface area contributed by atoms with Crippen LogP contribution in [0.1, 0.15) is 12.0 Å². The highest BCUT2D eigenvalue weighted by Crippen LogP contribution is 2.32. The van der Waals surface area contributed by atoms with E-state index in [0.29, 0.717) is 16.9 Å². The first-order chi connectivity index (χ1) is 17.4. The minimum Gasteiger partial charge on any atom is -0.475 e. The molecule has 1 aliphatic heterocycles. The quantitative estimate of drug-likeness (QED) is 0.411. The number of likely N-dealkylation sites (N-methyl/N-ethyl adjacent to an activating group) is 1. The highest BCUT2D eigenvalue weighted by atomic mass is 35.5. The first-order valence-electron chi connectivity index (χ1n) is 10.9. The molecular weight excluding hydrogens is 553 g/mol. The molecule has 1 saturated heterocycles. The third-order valence-corrected chi connectivity index (χ3v) is 7.81. The Balaban J connectivity index is 0.000000479. The molecular formula is C23H24ClF3N4O4S2. The van der Waals surface area contributed by atoms with E-state index in [4.69, 9.17) is 21.5 Å². The van der Waals surface area contributed by atoms with E-state index in [2.05, 4.69) is 43.8 Å². The lowest BCUT2D eigenvalue weighted by Gasteiger charge is -2.28. The molecule has 2 heterocycles. The number of hydrogen-bond donors (Lipinski definition) is 2. The maximum absolute atomic E-state index is 12.6. The van der Waals surface area contributed by atoms with Crippen LogP contribution in [0.15, 0.2) is 64.3 Å². The van der Waals surface area contributed by atoms with Crippen molar-refractivity contribution in [3.63, 3.8) is 0 Å². The van der Waals surface area contributed by atoms with Gasteiger partial charge >= 0.3 is 12.1 Å². The fourth-order valence-corrected chi connectivity index (χ4v) is 5.67. The molecule has 0 amide bonds. The fourth-order valence-electron chi connectivity index (χ4n) is 3.71. The standard InChI is InChI=1S/C21H23ClN4O2S2.C2HF3O2/c1-25(17-9-10-26(13-17)12-16-5-3-2-4-6-16)20-8-7-18(11-19(20)22)30(27,28)24-21-14-29-15-23-21;3-2(4,5)1(6)7/h2-8,11,14-15,17,24H,9-10,12-13H2,1H3;(H,6,7). The molecule has 4 rings (SSSR count). The van der Waals surface area contributed by atoms with Gasteiger partial charge in [0, 0.05) is 38.1 Å². The highest BCUT2D eigenvalue weighted by Gasteiger charge is 2.38. The Morgan fingerprint density at radius 1 is 1.27 bits per heavy atom. The number of benzene rings is 2. The van der Waals surface area contributed by atoms with E-state index in [0.717, 1.165) is 31.7 Å². The number of hydrogen-bond acceptors (Lipinski definition) is 7. The summed E-state index contributed by atoms with van der Waals surface area (Å²) >= 11 is 7.82. The van der Waals surface area contributed by atoms with Crippen molar-refractivity contribution in [2.24, 2.45) is 0 Å². The Bertz CT molecular complexity index is 1290. The second-order valence-corrected chi connectivity index (χ2v) is 11.0. The molecule has 0 saturated carbocycles. The lowest BCUT2D eigenvalue weighted by atomic mass is 10.2. The number of likely N-dealkylation sites (tertiary alicyclic amines) is 1. The van der Waals surface area contributed by atoms with Crippen LogP contribution in [0.5, 0.6) is 0 Å². The molecule has 2 N–H and O–H groups in total. The highest BCUT2D eigenvalue weighted by molar-refractivity contribution is 7.92. The second kappa shape index (κ2) is 12.1. The molecule has 0 spiro atoms. The van der Waals surface area contributed by atoms with E-state index >= 15 is 0 Å². The molecule has 37 heavy (non-hydrogen) atoms. The number of rotatable bonds is 7. The predicted molar refractivity (Wildman–Crippen MR) is 137 cm³/mol. The summed E-state index contributed by atoms with van der Waals surface area (Å²) in [6.45, 7) is 2.89. The normalized spacial score (nSPS) is 16.1. The number of alkyl halides is 3. The van der Waals surface area contributed by atoms with Crippen LogP contribution < -0.4 is 9.62 Å². The van der Waals surface area contributed by atoms with Crippen molar-refractivity contribution in [3.8, 4) is 0 Å². The summed E-state index contributed by atoms with van der Waals surface area (Å²) in [4.78, 5) is 17.6. The SMILES string of the molecule is CN(c1ccc(S(=O)(=O)Nc2cscn2)cc1Cl)C1CCN(Cc2ccccc2)C1.O=C(O)C(F)(F)F. The van der Waals surface area contributed by atoms with Crippen LogP contribution in [0, 0.1) is 0 Å². The van der Waals surface area contributed by atoms with Crippen molar-refractivity contribution in [1.29, 1.82) is 0 Å². The zero-order chi connectivity index (χ0) is 27.2. The minimum atomic E-state index is -5.08. The van der Waals surface area contributed by atoms with Gasteiger partial charge in [-0.1, -0.05) is 41.9 Å². The molecule has 1 atom stereocenters. The predicted octanol–water partition coefficient (Wildman–Crippen LogP) is 4.94. The Kier molecular flexibility index (Phi) is 9.40. The van der Waals surface area contributed by atoms with Crippen LogP contribution in [-0.4, -0.2) is 61.7 Å². The number of nitrogens with zero attached hydrogens (tertiary/aromatic N) is 3. The van der Waals surface area contributed by atoms with E-state index in [-0.39, 0.29) is 4.90 Å². The molecule has 1 unspecified atom stereocenters. The van der Waals surface area contributed by atoms with E-state index in [1.165, 1.54) is 23.0 Å². The van der Waals surface area contributed by atoms with Crippen LogP contribution in [0.4, 0.5) is 24.7 Å². The zero-order valence-corrected chi connectivity index (χ0v) is 21.9. The average molecular weight is 577 g/mol. The summed E-state index contributed by atoms with van der Waals surface area (Å²) in [5.74, 6) is -2.45. The van der Waals surface area contributed by atoms with Gasteiger partial charge in [-0.2, -0.15) is 13.2 Å². The Hall–Kier alpha value is -2.87. The van der Waals surface area contributed by atoms with Gasteiger partial charge in [-0.25, -0.2) is 18.2 Å². The fraction of sp³-hybridized carbons (Fsp3) is 0.304. The third-order valence-electron chi connectivity index (χ3n) is 5.57. The Morgan fingerprint density at radius 2 is 1.95 bits per heavy atom. The van der Waals surface area contributed by atoms with Crippen molar-refractivity contribution in [1.82, 2.24) is 9.88 Å². The van der Waals surface area contributed by atoms with Gasteiger partial charge in [0.05, 0.1) is 21.1 Å². The molecule has 200 valence electrons. The number of sulfonamides is 1. The Labute approximate surface area is 221 Å². The topological polar surface area (TPSA) is 103 Å². The number of carboxylic acids is 1. The van der Waals surface area contributed by atoms with Crippen LogP contribution in [0.3, 0.4) is 0 Å². The van der Waals surface area contributed by atoms with Crippen LogP contribution in [-0.2, 0) is 21.4 Å². The number of anilines is 2. The maximum Gasteiger partial charge on any atom is 0.490 e. The van der Waals surface area contributed by atoms with Gasteiger partial charge < -0.3 is 10.0 Å². The summed E-state index contributed by atoms with van der Waals surface area (Å²) in [7, 11) is -1.71. The largest absolute Gasteiger partial charge is 0.490 e. The second-order valence-electron chi connectivity index (χ2n) is 8.17. The number of thiazole rings is 1. The smallest absolute Gasteiger partial charge is 0.475 e. The monoisotopic (exact) mass is 576 g/mol. The van der Waals surface area contributed by atoms with E-state index in [9.17, 15) is 21.6 Å². The molecule has 14 heteroatoms. The molecule has 0 bridgehead atoms. The van der Waals surface area contributed by atoms with Gasteiger partial charge in [-0.05, 0) is 30.2 Å². The number of aliphatic carboxylic acids is 1. The van der Waals surface area contributed by atoms with Gasteiger partial charge in [-0.3, -0.25) is 9.62 Å². The van der Waals surface area contributed by atoms with Crippen LogP contribution >= 0.6 is 22.9 Å². The number of carbonyl (C=O) groups is 1. The number of nitrogens with one attached hydrogen (secondary N) is 1. The molecule has 3 aromatic rings. The lowest BCUT2D eigenvalue weighted by molar-refractivity contribution is -0.192. The summed E-state index contributed by atoms with van der Waals surface area (Å²) in [6, 6.07) is 15.6. The van der Waals surface area contributed by atoms with Gasteiger partial charge in [0.15, 0.2) is 5.82 Å². The number of aromatic nitrogens is 1. The average Bonchev–Trinajstić information content (AvgIpc) is 3.51. The van der Waals surface area contributed by atoms with E-state index in [1.54, 1.807) is 23.0 Å². The summed E-state index contributed by atoms with van der Waals surface area (Å²) in [5, 5.41) is 9.18. The van der Waals surface area contributed by atoms with E-state index < -0.39 is 22.2 Å². The number of halogens is 4. The summed E-state index contributed by atoms with van der Waals surface area (Å²) < 4.78 is 59.4. The van der Waals surface area contributed by atoms with Crippen molar-refractivity contribution < 1.29 is 31.5 Å². The molecule has 0 radical (unpaired) electrons. The third kappa shape index (κ3) is 8.06. The van der Waals surface area contributed by atoms with E-state index in [1.807, 2.05) is 13.1 Å². The van der Waals surface area contributed by atoms with Crippen molar-refractivity contribution in [3.05, 3.63) is 70.0 Å². The lowest BCUT2D eigenvalue weighted by Crippen LogP contribution is -2.34. The maximum atomic E-state index is 12.6. The summed E-state index contributed by atoms with van der Waals surface area (Å²) in [6.07, 6.45) is -4.05. The van der Waals surface area contributed by atoms with Crippen molar-refractivity contribution in [2.75, 3.05) is 29.8 Å². The molecule has 1 fully saturated rings. The van der Waals surface area contributed by atoms with Gasteiger partial charge in [-0.15, -0.1) is 11.3 Å². The van der Waals surface area contributed by atoms with Gasteiger partial charge in [0.1, 0.15) is 0 Å². The molecule has 1 aliphatic rings. The number of carboxylic acid groups (broad SMARTS) is 1. The first-order valence-corrected chi connectivity index (χ1v) is 13.7. The molecule has 8 nitrogen and oxygen atoms in total. The van der Waals surface area contributed by atoms with Gasteiger partial charge in [0.25, 0.3) is 10.0 Å². The van der Waals surface area contributed by atoms with Crippen molar-refractivity contribution >= 4 is 50.4 Å². The molecule has 1 aromatic heterocycles. The van der Waals surface area contributed by atoms with Crippen LogP contribution in [0.25, 0.3) is 0 Å². The van der Waals surface area contributed by atoms with Crippen LogP contribution in [0.2, 0.25) is 5.02 Å². The minimum absolute atomic E-state index is 0.120. The Morgan fingerprint density at radius 3 is 2.51 bits per heavy atom. The molecule has 2 aromatic carbocycles. The summed E-state index contributed by atoms with van der Waals surface area (Å²) in [5.41, 5.74) is 3.71. The molecule has 0 aliphatic carbocycles. The first kappa shape index (κ1) is 28.7. The van der Waals surface area contributed by atoms with Gasteiger partial charge in [0.2, 0.25) is 0 Å². The van der Waals surface area contributed by atoms with Crippen molar-refractivity contribution in [2.45, 2.75) is 30.1 Å². The zero-order valence-electron chi connectivity index (χ0n) is 19.5.